The number of hydrogen-bond donors (Lipinski definition) is 2. The van der Waals surface area contributed by atoms with Gasteiger partial charge < -0.3 is 15.2 Å². The van der Waals surface area contributed by atoms with Gasteiger partial charge in [0.15, 0.2) is 0 Å². The van der Waals surface area contributed by atoms with Crippen molar-refractivity contribution in [2.75, 3.05) is 23.3 Å². The van der Waals surface area contributed by atoms with Gasteiger partial charge in [0.1, 0.15) is 23.1 Å². The number of ether oxygens (including phenoxy) is 1. The third kappa shape index (κ3) is 5.71. The third-order valence-electron chi connectivity index (χ3n) is 6.06. The summed E-state index contributed by atoms with van der Waals surface area (Å²) in [5.41, 5.74) is 10.8. The number of nitrogen functional groups attached to an aromatic ring is 1. The zero-order chi connectivity index (χ0) is 27.5. The predicted molar refractivity (Wildman–Crippen MR) is 154 cm³/mol. The van der Waals surface area contributed by atoms with E-state index in [9.17, 15) is 13.0 Å². The zero-order valence-electron chi connectivity index (χ0n) is 21.1. The lowest BCUT2D eigenvalue weighted by Crippen LogP contribution is -1.98. The monoisotopic (exact) mass is 562 g/mol. The van der Waals surface area contributed by atoms with E-state index in [4.69, 9.17) is 10.5 Å². The molecule has 0 spiro atoms. The van der Waals surface area contributed by atoms with Crippen LogP contribution >= 0.6 is 11.9 Å². The molecule has 6 nitrogen and oxygen atoms in total. The fourth-order valence-electron chi connectivity index (χ4n) is 4.09. The van der Waals surface area contributed by atoms with Crippen LogP contribution in [0.25, 0.3) is 33.2 Å². The molecular weight excluding hydrogens is 538 g/mol. The number of hydrogen-bond acceptors (Lipinski definition) is 7. The van der Waals surface area contributed by atoms with E-state index in [1.807, 2.05) is 61.5 Å². The lowest BCUT2D eigenvalue weighted by molar-refractivity contribution is 0.400. The molecule has 0 bridgehead atoms. The van der Waals surface area contributed by atoms with Crippen LogP contribution in [0.15, 0.2) is 88.8 Å². The van der Waals surface area contributed by atoms with Crippen LogP contribution in [0.1, 0.15) is 6.92 Å². The Hall–Kier alpha value is -4.02. The molecule has 5 aromatic rings. The van der Waals surface area contributed by atoms with Crippen molar-refractivity contribution in [3.63, 3.8) is 0 Å². The maximum absolute atomic E-state index is 14.1. The van der Waals surface area contributed by atoms with E-state index in [0.717, 1.165) is 56.1 Å². The van der Waals surface area contributed by atoms with Crippen molar-refractivity contribution in [1.29, 1.82) is 0 Å². The molecule has 3 N–H and O–H groups in total. The maximum Gasteiger partial charge on any atom is 0.237 e. The molecule has 2 heterocycles. The van der Waals surface area contributed by atoms with E-state index >= 15 is 0 Å². The van der Waals surface area contributed by atoms with E-state index in [2.05, 4.69) is 14.7 Å². The van der Waals surface area contributed by atoms with Crippen LogP contribution in [-0.2, 0) is 10.8 Å². The van der Waals surface area contributed by atoms with Gasteiger partial charge in [-0.15, -0.1) is 0 Å². The molecule has 5 rings (SSSR count). The van der Waals surface area contributed by atoms with Gasteiger partial charge in [-0.1, -0.05) is 25.1 Å². The first-order chi connectivity index (χ1) is 18.9. The Bertz CT molecular complexity index is 1720. The van der Waals surface area contributed by atoms with Crippen molar-refractivity contribution in [3.8, 4) is 28.1 Å². The molecular formula is C29H24F2N4O2S2. The van der Waals surface area contributed by atoms with E-state index in [0.29, 0.717) is 23.1 Å². The van der Waals surface area contributed by atoms with E-state index in [1.54, 1.807) is 6.20 Å². The first-order valence-corrected chi connectivity index (χ1v) is 14.1. The SMILES string of the molecule is CCS(=O)c1cccc(-c2cc3cc(-c4cnc(OC)c(NSc5ccc(F)cc5F)c4)ccc3nc2N)c1. The molecule has 2 aromatic heterocycles. The van der Waals surface area contributed by atoms with E-state index in [1.165, 1.54) is 19.2 Å². The van der Waals surface area contributed by atoms with Gasteiger partial charge in [-0.3, -0.25) is 4.21 Å². The lowest BCUT2D eigenvalue weighted by atomic mass is 10.0. The van der Waals surface area contributed by atoms with Gasteiger partial charge in [-0.25, -0.2) is 18.7 Å². The molecule has 10 heteroatoms. The number of halogens is 2. The second-order valence-electron chi connectivity index (χ2n) is 8.55. The van der Waals surface area contributed by atoms with E-state index < -0.39 is 22.4 Å². The Balaban J connectivity index is 1.49. The molecule has 0 aliphatic heterocycles. The first kappa shape index (κ1) is 26.6. The summed E-state index contributed by atoms with van der Waals surface area (Å²) in [4.78, 5) is 9.97. The van der Waals surface area contributed by atoms with Crippen LogP contribution in [0, 0.1) is 11.6 Å². The molecule has 0 saturated carbocycles. The van der Waals surface area contributed by atoms with Gasteiger partial charge in [-0.2, -0.15) is 0 Å². The summed E-state index contributed by atoms with van der Waals surface area (Å²) >= 11 is 0.993. The van der Waals surface area contributed by atoms with Crippen molar-refractivity contribution >= 4 is 45.2 Å². The molecule has 39 heavy (non-hydrogen) atoms. The summed E-state index contributed by atoms with van der Waals surface area (Å²) in [6, 6.07) is 20.5. The number of methoxy groups -OCH3 is 1. The molecule has 0 aliphatic rings. The summed E-state index contributed by atoms with van der Waals surface area (Å²) in [5, 5.41) is 0.867. The average Bonchev–Trinajstić information content (AvgIpc) is 2.95. The quantitative estimate of drug-likeness (QED) is 0.195. The number of benzene rings is 3. The van der Waals surface area contributed by atoms with Gasteiger partial charge in [0.2, 0.25) is 5.88 Å². The fraction of sp³-hybridized carbons (Fsp3) is 0.103. The van der Waals surface area contributed by atoms with Crippen LogP contribution in [0.2, 0.25) is 0 Å². The number of aromatic nitrogens is 2. The number of rotatable bonds is 8. The maximum atomic E-state index is 14.1. The Labute approximate surface area is 231 Å². The van der Waals surface area contributed by atoms with Crippen molar-refractivity contribution in [2.24, 2.45) is 0 Å². The van der Waals surface area contributed by atoms with Gasteiger partial charge in [0.05, 0.1) is 28.3 Å². The minimum Gasteiger partial charge on any atom is -0.480 e. The first-order valence-electron chi connectivity index (χ1n) is 12.0. The number of nitrogens with two attached hydrogens (primary N) is 1. The molecule has 0 fully saturated rings. The topological polar surface area (TPSA) is 90.1 Å². The molecule has 1 atom stereocenters. The van der Waals surface area contributed by atoms with Crippen LogP contribution in [-0.4, -0.2) is 27.0 Å². The molecule has 1 unspecified atom stereocenters. The number of nitrogens with one attached hydrogen (secondary N) is 1. The largest absolute Gasteiger partial charge is 0.480 e. The lowest BCUT2D eigenvalue weighted by Gasteiger charge is -2.13. The second kappa shape index (κ2) is 11.4. The second-order valence-corrected chi connectivity index (χ2v) is 11.1. The van der Waals surface area contributed by atoms with Gasteiger partial charge >= 0.3 is 0 Å². The highest BCUT2D eigenvalue weighted by molar-refractivity contribution is 8.00. The Morgan fingerprint density at radius 1 is 1.00 bits per heavy atom. The summed E-state index contributed by atoms with van der Waals surface area (Å²) in [7, 11) is 0.413. The molecule has 0 amide bonds. The fourth-order valence-corrected chi connectivity index (χ4v) is 5.57. The van der Waals surface area contributed by atoms with Crippen LogP contribution in [0.4, 0.5) is 20.3 Å². The summed E-state index contributed by atoms with van der Waals surface area (Å²) in [6.45, 7) is 1.88. The standard InChI is InChI=1S/C29H24F2N4O2S2/c1-3-39(36)22-6-4-5-18(12-22)23-13-19-11-17(7-9-25(19)34-28(23)32)20-14-26(29(37-2)33-16-20)35-38-27-10-8-21(30)15-24(27)31/h4-16,35H,3H2,1-2H3,(H2,32,34). The highest BCUT2D eigenvalue weighted by Crippen LogP contribution is 2.35. The smallest absolute Gasteiger partial charge is 0.237 e. The molecule has 0 aliphatic carbocycles. The normalized spacial score (nSPS) is 11.9. The Morgan fingerprint density at radius 3 is 2.62 bits per heavy atom. The van der Waals surface area contributed by atoms with Crippen LogP contribution in [0.5, 0.6) is 5.88 Å². The summed E-state index contributed by atoms with van der Waals surface area (Å²) in [5.74, 6) is -0.0629. The van der Waals surface area contributed by atoms with Crippen molar-refractivity contribution in [3.05, 3.63) is 90.6 Å². The summed E-state index contributed by atoms with van der Waals surface area (Å²) < 4.78 is 48.1. The number of nitrogens with zero attached hydrogens (tertiary/aromatic N) is 2. The van der Waals surface area contributed by atoms with Crippen LogP contribution in [0.3, 0.4) is 0 Å². The minimum atomic E-state index is -1.08. The highest BCUT2D eigenvalue weighted by atomic mass is 32.2. The highest BCUT2D eigenvalue weighted by Gasteiger charge is 2.13. The van der Waals surface area contributed by atoms with Gasteiger partial charge in [-0.05, 0) is 71.6 Å². The minimum absolute atomic E-state index is 0.234. The Kier molecular flexibility index (Phi) is 7.76. The number of pyridine rings is 2. The van der Waals surface area contributed by atoms with E-state index in [-0.39, 0.29) is 4.90 Å². The van der Waals surface area contributed by atoms with Crippen molar-refractivity contribution < 1.29 is 17.7 Å². The van der Waals surface area contributed by atoms with Crippen molar-refractivity contribution in [1.82, 2.24) is 9.97 Å². The van der Waals surface area contributed by atoms with Crippen LogP contribution < -0.4 is 15.2 Å². The zero-order valence-corrected chi connectivity index (χ0v) is 22.7. The van der Waals surface area contributed by atoms with Gasteiger partial charge in [0, 0.05) is 39.4 Å². The average molecular weight is 563 g/mol. The Morgan fingerprint density at radius 2 is 1.85 bits per heavy atom. The predicted octanol–water partition coefficient (Wildman–Crippen LogP) is 7.08. The summed E-state index contributed by atoms with van der Waals surface area (Å²) in [6.07, 6.45) is 1.68. The number of fused-ring (bicyclic) bond motifs is 1. The molecule has 0 saturated heterocycles. The molecule has 0 radical (unpaired) electrons. The number of anilines is 2. The molecule has 198 valence electrons. The van der Waals surface area contributed by atoms with Gasteiger partial charge in [0.25, 0.3) is 0 Å². The van der Waals surface area contributed by atoms with Crippen molar-refractivity contribution in [2.45, 2.75) is 16.7 Å². The third-order valence-corrected chi connectivity index (χ3v) is 8.23. The molecule has 3 aromatic carbocycles.